The minimum atomic E-state index is 1.07. The fraction of sp³-hybridized carbons (Fsp3) is 1.00. The Bertz CT molecular complexity index is 174. The lowest BCUT2D eigenvalue weighted by Gasteiger charge is -2.43. The van der Waals surface area contributed by atoms with E-state index in [4.69, 9.17) is 0 Å². The quantitative estimate of drug-likeness (QED) is 0.542. The second-order valence-electron chi connectivity index (χ2n) is 6.23. The molecule has 0 N–H and O–H groups in total. The highest BCUT2D eigenvalue weighted by Crippen LogP contribution is 2.46. The maximum absolute atomic E-state index is 2.42. The molecule has 2 saturated carbocycles. The molecule has 0 aromatic carbocycles. The van der Waals surface area contributed by atoms with Crippen LogP contribution in [0.25, 0.3) is 0 Å². The second-order valence-corrected chi connectivity index (χ2v) is 6.23. The van der Waals surface area contributed by atoms with Gasteiger partial charge in [-0.05, 0) is 36.5 Å². The van der Waals surface area contributed by atoms with Crippen LogP contribution in [0.1, 0.15) is 91.9 Å². The van der Waals surface area contributed by atoms with Gasteiger partial charge in [0, 0.05) is 0 Å². The lowest BCUT2D eigenvalue weighted by molar-refractivity contribution is 0.0773. The molecular weight excluding hydrogens is 216 g/mol. The zero-order valence-electron chi connectivity index (χ0n) is 13.4. The van der Waals surface area contributed by atoms with Crippen molar-refractivity contribution in [3.63, 3.8) is 0 Å². The van der Waals surface area contributed by atoms with Gasteiger partial charge in [-0.15, -0.1) is 0 Å². The van der Waals surface area contributed by atoms with Gasteiger partial charge in [-0.25, -0.2) is 0 Å². The Balaban J connectivity index is 0.000000771. The maximum atomic E-state index is 2.42. The van der Waals surface area contributed by atoms with Crippen molar-refractivity contribution in [1.29, 1.82) is 0 Å². The van der Waals surface area contributed by atoms with Gasteiger partial charge in [-0.2, -0.15) is 0 Å². The average molecular weight is 252 g/mol. The third-order valence-electron chi connectivity index (χ3n) is 5.53. The van der Waals surface area contributed by atoms with E-state index in [2.05, 4.69) is 13.8 Å². The zero-order valence-corrected chi connectivity index (χ0v) is 13.4. The predicted molar refractivity (Wildman–Crippen MR) is 82.8 cm³/mol. The molecule has 2 aliphatic rings. The summed E-state index contributed by atoms with van der Waals surface area (Å²) in [4.78, 5) is 0. The molecule has 0 heteroatoms. The summed E-state index contributed by atoms with van der Waals surface area (Å²) in [6.07, 6.45) is 15.1. The van der Waals surface area contributed by atoms with Gasteiger partial charge < -0.3 is 0 Å². The molecular formula is C18H36. The summed E-state index contributed by atoms with van der Waals surface area (Å²) in [5.74, 6) is 4.35. The van der Waals surface area contributed by atoms with E-state index in [-0.39, 0.29) is 0 Å². The second kappa shape index (κ2) is 8.99. The van der Waals surface area contributed by atoms with Crippen LogP contribution in [0.5, 0.6) is 0 Å². The Kier molecular flexibility index (Phi) is 8.02. The number of hydrogen-bond donors (Lipinski definition) is 0. The molecule has 0 aliphatic heterocycles. The fourth-order valence-corrected chi connectivity index (χ4v) is 4.61. The van der Waals surface area contributed by atoms with Gasteiger partial charge >= 0.3 is 0 Å². The average Bonchev–Trinajstić information content (AvgIpc) is 2.49. The summed E-state index contributed by atoms with van der Waals surface area (Å²) in [7, 11) is 0. The lowest BCUT2D eigenvalue weighted by atomic mass is 9.63. The van der Waals surface area contributed by atoms with E-state index in [1.54, 1.807) is 12.8 Å². The molecule has 0 aromatic rings. The molecule has 4 atom stereocenters. The predicted octanol–water partition coefficient (Wildman–Crippen LogP) is 6.45. The van der Waals surface area contributed by atoms with Crippen molar-refractivity contribution in [3.05, 3.63) is 0 Å². The van der Waals surface area contributed by atoms with Crippen LogP contribution in [0.3, 0.4) is 0 Å². The standard InChI is InChI=1S/C16H30.C2H6/c1-3-13-9-5-7-11-15(13)16-12-8-6-10-14(16)4-2;1-2/h13-16H,3-12H2,1-2H3;1-2H3. The van der Waals surface area contributed by atoms with E-state index in [1.807, 2.05) is 13.8 Å². The Morgan fingerprint density at radius 3 is 1.28 bits per heavy atom. The van der Waals surface area contributed by atoms with Crippen molar-refractivity contribution in [2.75, 3.05) is 0 Å². The third-order valence-corrected chi connectivity index (χ3v) is 5.53. The van der Waals surface area contributed by atoms with Gasteiger partial charge in [0.05, 0.1) is 0 Å². The highest BCUT2D eigenvalue weighted by molar-refractivity contribution is 4.86. The molecule has 0 saturated heterocycles. The summed E-state index contributed by atoms with van der Waals surface area (Å²) in [5.41, 5.74) is 0. The van der Waals surface area contributed by atoms with Crippen LogP contribution in [0.2, 0.25) is 0 Å². The van der Waals surface area contributed by atoms with E-state index in [1.165, 1.54) is 51.4 Å². The summed E-state index contributed by atoms with van der Waals surface area (Å²) < 4.78 is 0. The van der Waals surface area contributed by atoms with Crippen molar-refractivity contribution in [2.24, 2.45) is 23.7 Å². The molecule has 0 spiro atoms. The van der Waals surface area contributed by atoms with Gasteiger partial charge in [0.2, 0.25) is 0 Å². The summed E-state index contributed by atoms with van der Waals surface area (Å²) >= 11 is 0. The van der Waals surface area contributed by atoms with Crippen LogP contribution in [-0.4, -0.2) is 0 Å². The maximum Gasteiger partial charge on any atom is -0.0355 e. The van der Waals surface area contributed by atoms with Gasteiger partial charge in [-0.1, -0.05) is 79.1 Å². The van der Waals surface area contributed by atoms with E-state index in [9.17, 15) is 0 Å². The van der Waals surface area contributed by atoms with Crippen LogP contribution in [0.15, 0.2) is 0 Å². The molecule has 0 amide bonds. The fourth-order valence-electron chi connectivity index (χ4n) is 4.61. The third kappa shape index (κ3) is 4.00. The minimum Gasteiger partial charge on any atom is -0.0683 e. The van der Waals surface area contributed by atoms with Crippen molar-refractivity contribution >= 4 is 0 Å². The minimum absolute atomic E-state index is 1.07. The Morgan fingerprint density at radius 1 is 0.611 bits per heavy atom. The van der Waals surface area contributed by atoms with Gasteiger partial charge in [0.1, 0.15) is 0 Å². The summed E-state index contributed by atoms with van der Waals surface area (Å²) in [6, 6.07) is 0. The highest BCUT2D eigenvalue weighted by Gasteiger charge is 2.35. The molecule has 0 aromatic heterocycles. The van der Waals surface area contributed by atoms with Crippen LogP contribution in [-0.2, 0) is 0 Å². The van der Waals surface area contributed by atoms with E-state index < -0.39 is 0 Å². The smallest absolute Gasteiger partial charge is 0.0355 e. The Morgan fingerprint density at radius 2 is 0.944 bits per heavy atom. The largest absolute Gasteiger partial charge is 0.0683 e. The summed E-state index contributed by atoms with van der Waals surface area (Å²) in [5, 5.41) is 0. The van der Waals surface area contributed by atoms with Crippen LogP contribution < -0.4 is 0 Å². The SMILES string of the molecule is CC.CCC1CCCCC1C1CCCCC1CC. The lowest BCUT2D eigenvalue weighted by Crippen LogP contribution is -2.33. The van der Waals surface area contributed by atoms with Gasteiger partial charge in [0.15, 0.2) is 0 Å². The number of rotatable bonds is 3. The van der Waals surface area contributed by atoms with Gasteiger partial charge in [-0.3, -0.25) is 0 Å². The van der Waals surface area contributed by atoms with Crippen molar-refractivity contribution in [2.45, 2.75) is 91.9 Å². The molecule has 18 heavy (non-hydrogen) atoms. The molecule has 2 aliphatic carbocycles. The zero-order chi connectivity index (χ0) is 13.4. The first kappa shape index (κ1) is 16.1. The number of hydrogen-bond acceptors (Lipinski definition) is 0. The monoisotopic (exact) mass is 252 g/mol. The van der Waals surface area contributed by atoms with Crippen LogP contribution in [0.4, 0.5) is 0 Å². The van der Waals surface area contributed by atoms with Crippen molar-refractivity contribution in [1.82, 2.24) is 0 Å². The summed E-state index contributed by atoms with van der Waals surface area (Å²) in [6.45, 7) is 8.85. The molecule has 108 valence electrons. The molecule has 0 heterocycles. The first-order valence-electron chi connectivity index (χ1n) is 8.86. The van der Waals surface area contributed by atoms with Crippen molar-refractivity contribution in [3.8, 4) is 0 Å². The van der Waals surface area contributed by atoms with E-state index in [0.717, 1.165) is 23.7 Å². The first-order valence-corrected chi connectivity index (χ1v) is 8.86. The van der Waals surface area contributed by atoms with Crippen molar-refractivity contribution < 1.29 is 0 Å². The molecule has 2 rings (SSSR count). The molecule has 0 radical (unpaired) electrons. The first-order chi connectivity index (χ1) is 8.86. The van der Waals surface area contributed by atoms with E-state index >= 15 is 0 Å². The molecule has 0 bridgehead atoms. The molecule has 2 fully saturated rings. The Hall–Kier alpha value is 0. The van der Waals surface area contributed by atoms with E-state index in [0.29, 0.717) is 0 Å². The molecule has 0 nitrogen and oxygen atoms in total. The van der Waals surface area contributed by atoms with Crippen LogP contribution >= 0.6 is 0 Å². The Labute approximate surface area is 116 Å². The van der Waals surface area contributed by atoms with Crippen LogP contribution in [0, 0.1) is 23.7 Å². The topological polar surface area (TPSA) is 0 Å². The molecule has 4 unspecified atom stereocenters. The van der Waals surface area contributed by atoms with Gasteiger partial charge in [0.25, 0.3) is 0 Å². The highest BCUT2D eigenvalue weighted by atomic mass is 14.4. The normalized spacial score (nSPS) is 36.7.